The molecule has 0 aliphatic carbocycles. The van der Waals surface area contributed by atoms with Crippen molar-refractivity contribution in [3.8, 4) is 22.8 Å². The Morgan fingerprint density at radius 2 is 1.79 bits per heavy atom. The average molecular weight is 391 g/mol. The first-order chi connectivity index (χ1) is 14.0. The van der Waals surface area contributed by atoms with E-state index < -0.39 is 5.97 Å². The minimum absolute atomic E-state index is 0.0672. The van der Waals surface area contributed by atoms with Gasteiger partial charge in [0, 0.05) is 5.56 Å². The second kappa shape index (κ2) is 9.24. The lowest BCUT2D eigenvalue weighted by Gasteiger charge is -2.14. The number of aryl methyl sites for hydroxylation is 2. The minimum Gasteiger partial charge on any atom is -0.493 e. The van der Waals surface area contributed by atoms with Crippen LogP contribution in [0.25, 0.3) is 11.3 Å². The Morgan fingerprint density at radius 1 is 1.00 bits per heavy atom. The summed E-state index contributed by atoms with van der Waals surface area (Å²) in [7, 11) is 0. The second-order valence-electron chi connectivity index (χ2n) is 6.90. The van der Waals surface area contributed by atoms with Crippen molar-refractivity contribution in [2.75, 3.05) is 6.61 Å². The molecule has 3 aromatic rings. The molecule has 0 saturated heterocycles. The number of aromatic nitrogens is 1. The van der Waals surface area contributed by atoms with Gasteiger partial charge in [0.2, 0.25) is 0 Å². The van der Waals surface area contributed by atoms with Crippen molar-refractivity contribution in [3.05, 3.63) is 77.0 Å². The summed E-state index contributed by atoms with van der Waals surface area (Å²) < 4.78 is 11.8. The van der Waals surface area contributed by atoms with Crippen LogP contribution in [-0.2, 0) is 6.61 Å². The monoisotopic (exact) mass is 391 g/mol. The number of benzene rings is 2. The lowest BCUT2D eigenvalue weighted by molar-refractivity contribution is 0.0693. The number of rotatable bonds is 8. The van der Waals surface area contributed by atoms with Crippen molar-refractivity contribution in [1.29, 1.82) is 0 Å². The number of carbonyl (C=O) groups is 1. The highest BCUT2D eigenvalue weighted by Crippen LogP contribution is 2.30. The van der Waals surface area contributed by atoms with E-state index in [2.05, 4.69) is 4.98 Å². The maximum absolute atomic E-state index is 11.7. The number of carboxylic acid groups (broad SMARTS) is 1. The number of pyridine rings is 1. The molecule has 0 fully saturated rings. The number of aromatic carboxylic acids is 1. The molecule has 0 aliphatic heterocycles. The van der Waals surface area contributed by atoms with Crippen LogP contribution in [0, 0.1) is 13.8 Å². The second-order valence-corrected chi connectivity index (χ2v) is 6.90. The molecule has 150 valence electrons. The standard InChI is InChI=1S/C24H25NO4/c1-4-13-28-22-8-6-5-7-18(22)20-12-11-19(24(26)27)21(25-20)15-29-23-14-16(2)9-10-17(23)3/h5-12,14H,4,13,15H2,1-3H3,(H,26,27). The van der Waals surface area contributed by atoms with Gasteiger partial charge in [-0.2, -0.15) is 0 Å². The highest BCUT2D eigenvalue weighted by atomic mass is 16.5. The van der Waals surface area contributed by atoms with Crippen LogP contribution in [0.1, 0.15) is 40.5 Å². The number of ether oxygens (including phenoxy) is 2. The van der Waals surface area contributed by atoms with E-state index in [0.717, 1.165) is 34.6 Å². The zero-order chi connectivity index (χ0) is 20.8. The third-order valence-corrected chi connectivity index (χ3v) is 4.54. The normalized spacial score (nSPS) is 10.6. The van der Waals surface area contributed by atoms with Crippen LogP contribution in [0.3, 0.4) is 0 Å². The van der Waals surface area contributed by atoms with Crippen LogP contribution < -0.4 is 9.47 Å². The molecule has 0 unspecified atom stereocenters. The maximum Gasteiger partial charge on any atom is 0.337 e. The molecule has 0 radical (unpaired) electrons. The first-order valence-electron chi connectivity index (χ1n) is 9.65. The van der Waals surface area contributed by atoms with E-state index in [1.54, 1.807) is 12.1 Å². The topological polar surface area (TPSA) is 68.7 Å². The van der Waals surface area contributed by atoms with Crippen molar-refractivity contribution >= 4 is 5.97 Å². The Hall–Kier alpha value is -3.34. The van der Waals surface area contributed by atoms with Crippen LogP contribution in [0.5, 0.6) is 11.5 Å². The van der Waals surface area contributed by atoms with Crippen molar-refractivity contribution in [3.63, 3.8) is 0 Å². The summed E-state index contributed by atoms with van der Waals surface area (Å²) in [5.74, 6) is 0.422. The number of hydrogen-bond acceptors (Lipinski definition) is 4. The summed E-state index contributed by atoms with van der Waals surface area (Å²) in [6.45, 7) is 6.66. The van der Waals surface area contributed by atoms with Crippen molar-refractivity contribution in [1.82, 2.24) is 4.98 Å². The Kier molecular flexibility index (Phi) is 6.50. The molecular formula is C24H25NO4. The molecule has 0 saturated carbocycles. The Balaban J connectivity index is 1.95. The van der Waals surface area contributed by atoms with Gasteiger partial charge in [-0.15, -0.1) is 0 Å². The molecule has 5 heteroatoms. The number of carboxylic acids is 1. The summed E-state index contributed by atoms with van der Waals surface area (Å²) in [4.78, 5) is 16.3. The van der Waals surface area contributed by atoms with Gasteiger partial charge in [0.15, 0.2) is 0 Å². The van der Waals surface area contributed by atoms with Gasteiger partial charge < -0.3 is 14.6 Å². The molecule has 3 rings (SSSR count). The zero-order valence-electron chi connectivity index (χ0n) is 16.9. The summed E-state index contributed by atoms with van der Waals surface area (Å²) in [5.41, 5.74) is 4.05. The quantitative estimate of drug-likeness (QED) is 0.554. The van der Waals surface area contributed by atoms with Crippen LogP contribution in [0.4, 0.5) is 0 Å². The fourth-order valence-corrected chi connectivity index (χ4v) is 2.98. The van der Waals surface area contributed by atoms with E-state index >= 15 is 0 Å². The van der Waals surface area contributed by atoms with Gasteiger partial charge in [0.1, 0.15) is 18.1 Å². The van der Waals surface area contributed by atoms with Crippen LogP contribution >= 0.6 is 0 Å². The highest BCUT2D eigenvalue weighted by molar-refractivity contribution is 5.89. The van der Waals surface area contributed by atoms with Gasteiger partial charge in [0.25, 0.3) is 0 Å². The minimum atomic E-state index is -1.03. The molecule has 0 spiro atoms. The fourth-order valence-electron chi connectivity index (χ4n) is 2.98. The molecule has 0 atom stereocenters. The van der Waals surface area contributed by atoms with Crippen molar-refractivity contribution in [2.24, 2.45) is 0 Å². The molecule has 5 nitrogen and oxygen atoms in total. The molecule has 1 N–H and O–H groups in total. The maximum atomic E-state index is 11.7. The lowest BCUT2D eigenvalue weighted by Crippen LogP contribution is -2.09. The Bertz CT molecular complexity index is 1010. The zero-order valence-corrected chi connectivity index (χ0v) is 16.9. The van der Waals surface area contributed by atoms with E-state index in [0.29, 0.717) is 18.0 Å². The third kappa shape index (κ3) is 4.93. The van der Waals surface area contributed by atoms with Gasteiger partial charge in [-0.25, -0.2) is 9.78 Å². The van der Waals surface area contributed by atoms with E-state index in [1.165, 1.54) is 0 Å². The van der Waals surface area contributed by atoms with E-state index in [-0.39, 0.29) is 12.2 Å². The van der Waals surface area contributed by atoms with E-state index in [9.17, 15) is 9.90 Å². The molecule has 0 amide bonds. The van der Waals surface area contributed by atoms with E-state index in [1.807, 2.05) is 63.2 Å². The first-order valence-corrected chi connectivity index (χ1v) is 9.65. The number of nitrogens with zero attached hydrogens (tertiary/aromatic N) is 1. The van der Waals surface area contributed by atoms with Crippen molar-refractivity contribution < 1.29 is 19.4 Å². The van der Waals surface area contributed by atoms with Crippen LogP contribution in [-0.4, -0.2) is 22.7 Å². The molecule has 2 aromatic carbocycles. The molecule has 1 aromatic heterocycles. The number of para-hydroxylation sites is 1. The predicted octanol–water partition coefficient (Wildman–Crippen LogP) is 5.43. The van der Waals surface area contributed by atoms with E-state index in [4.69, 9.17) is 9.47 Å². The van der Waals surface area contributed by atoms with Crippen LogP contribution in [0.2, 0.25) is 0 Å². The number of hydrogen-bond donors (Lipinski definition) is 1. The van der Waals surface area contributed by atoms with Gasteiger partial charge in [-0.05, 0) is 61.7 Å². The Labute approximate surface area is 171 Å². The van der Waals surface area contributed by atoms with Crippen LogP contribution in [0.15, 0.2) is 54.6 Å². The van der Waals surface area contributed by atoms with Gasteiger partial charge in [-0.1, -0.05) is 31.2 Å². The molecular weight excluding hydrogens is 366 g/mol. The molecule has 1 heterocycles. The van der Waals surface area contributed by atoms with Crippen molar-refractivity contribution in [2.45, 2.75) is 33.8 Å². The SMILES string of the molecule is CCCOc1ccccc1-c1ccc(C(=O)O)c(COc2cc(C)ccc2C)n1. The lowest BCUT2D eigenvalue weighted by atomic mass is 10.1. The van der Waals surface area contributed by atoms with Gasteiger partial charge >= 0.3 is 5.97 Å². The summed E-state index contributed by atoms with van der Waals surface area (Å²) >= 11 is 0. The summed E-state index contributed by atoms with van der Waals surface area (Å²) in [6, 6.07) is 16.8. The largest absolute Gasteiger partial charge is 0.493 e. The molecule has 29 heavy (non-hydrogen) atoms. The highest BCUT2D eigenvalue weighted by Gasteiger charge is 2.16. The predicted molar refractivity (Wildman–Crippen MR) is 113 cm³/mol. The first kappa shape index (κ1) is 20.4. The molecule has 0 bridgehead atoms. The van der Waals surface area contributed by atoms with Gasteiger partial charge in [0.05, 0.1) is 23.6 Å². The van der Waals surface area contributed by atoms with Gasteiger partial charge in [-0.3, -0.25) is 0 Å². The average Bonchev–Trinajstić information content (AvgIpc) is 2.72. The Morgan fingerprint density at radius 3 is 2.55 bits per heavy atom. The molecule has 0 aliphatic rings. The third-order valence-electron chi connectivity index (χ3n) is 4.54. The summed E-state index contributed by atoms with van der Waals surface area (Å²) in [5, 5.41) is 9.57. The summed E-state index contributed by atoms with van der Waals surface area (Å²) in [6.07, 6.45) is 0.897. The smallest absolute Gasteiger partial charge is 0.337 e. The fraction of sp³-hybridized carbons (Fsp3) is 0.250.